The van der Waals surface area contributed by atoms with Crippen LogP contribution in [-0.2, 0) is 12.8 Å². The fraction of sp³-hybridized carbons (Fsp3) is 0.600. The Bertz CT molecular complexity index is 232. The first kappa shape index (κ1) is 8.27. The Morgan fingerprint density at radius 2 is 2.25 bits per heavy atom. The molecule has 2 heterocycles. The number of hydrogen-bond acceptors (Lipinski definition) is 2. The highest BCUT2D eigenvalue weighted by Gasteiger charge is 2.12. The van der Waals surface area contributed by atoms with E-state index in [9.17, 15) is 0 Å². The average Bonchev–Trinajstić information content (AvgIpc) is 2.46. The largest absolute Gasteiger partial charge is 0.303 e. The zero-order valence-corrected chi connectivity index (χ0v) is 8.36. The van der Waals surface area contributed by atoms with Gasteiger partial charge in [-0.3, -0.25) is 0 Å². The molecule has 1 aromatic rings. The lowest BCUT2D eigenvalue weighted by atomic mass is 10.2. The van der Waals surface area contributed by atoms with Crippen LogP contribution >= 0.6 is 11.3 Å². The van der Waals surface area contributed by atoms with Gasteiger partial charge in [0, 0.05) is 18.0 Å². The van der Waals surface area contributed by atoms with Crippen LogP contribution in [0.3, 0.4) is 0 Å². The van der Waals surface area contributed by atoms with Gasteiger partial charge in [-0.05, 0) is 36.4 Å². The molecule has 0 aromatic carbocycles. The highest BCUT2D eigenvalue weighted by molar-refractivity contribution is 7.10. The van der Waals surface area contributed by atoms with E-state index in [4.69, 9.17) is 0 Å². The van der Waals surface area contributed by atoms with Crippen LogP contribution in [0.2, 0.25) is 0 Å². The highest BCUT2D eigenvalue weighted by Crippen LogP contribution is 2.21. The standard InChI is InChI=1S/C10H15NS/c1-2-11-6-3-9-5-8-12-10(9)4-7-11/h5,8H,2-4,6-7H2,1H3. The summed E-state index contributed by atoms with van der Waals surface area (Å²) in [6.07, 6.45) is 2.52. The third kappa shape index (κ3) is 1.54. The molecular formula is C10H15NS. The summed E-state index contributed by atoms with van der Waals surface area (Å²) in [5.41, 5.74) is 1.59. The summed E-state index contributed by atoms with van der Waals surface area (Å²) in [6.45, 7) is 5.96. The van der Waals surface area contributed by atoms with Gasteiger partial charge in [-0.2, -0.15) is 0 Å². The predicted molar refractivity (Wildman–Crippen MR) is 53.8 cm³/mol. The van der Waals surface area contributed by atoms with Crippen molar-refractivity contribution in [2.24, 2.45) is 0 Å². The fourth-order valence-electron chi connectivity index (χ4n) is 1.78. The molecule has 0 atom stereocenters. The molecule has 66 valence electrons. The Morgan fingerprint density at radius 1 is 1.42 bits per heavy atom. The molecule has 0 radical (unpaired) electrons. The Hall–Kier alpha value is -0.340. The smallest absolute Gasteiger partial charge is 0.00904 e. The Morgan fingerprint density at radius 3 is 3.08 bits per heavy atom. The third-order valence-electron chi connectivity index (χ3n) is 2.64. The van der Waals surface area contributed by atoms with Crippen molar-refractivity contribution in [1.29, 1.82) is 0 Å². The lowest BCUT2D eigenvalue weighted by Gasteiger charge is -2.16. The molecule has 0 fully saturated rings. The van der Waals surface area contributed by atoms with Gasteiger partial charge in [-0.25, -0.2) is 0 Å². The van der Waals surface area contributed by atoms with Gasteiger partial charge >= 0.3 is 0 Å². The van der Waals surface area contributed by atoms with E-state index in [0.29, 0.717) is 0 Å². The number of likely N-dealkylation sites (N-methyl/N-ethyl adjacent to an activating group) is 1. The summed E-state index contributed by atoms with van der Waals surface area (Å²) >= 11 is 1.92. The van der Waals surface area contributed by atoms with Crippen molar-refractivity contribution in [1.82, 2.24) is 4.90 Å². The molecule has 0 bridgehead atoms. The molecule has 0 unspecified atom stereocenters. The fourth-order valence-corrected chi connectivity index (χ4v) is 2.70. The van der Waals surface area contributed by atoms with Crippen molar-refractivity contribution in [2.75, 3.05) is 19.6 Å². The Labute approximate surface area is 78.0 Å². The van der Waals surface area contributed by atoms with E-state index >= 15 is 0 Å². The molecule has 0 saturated carbocycles. The highest BCUT2D eigenvalue weighted by atomic mass is 32.1. The normalized spacial score (nSPS) is 18.8. The van der Waals surface area contributed by atoms with Crippen LogP contribution in [0, 0.1) is 0 Å². The maximum absolute atomic E-state index is 2.53. The van der Waals surface area contributed by atoms with Crippen LogP contribution in [0.15, 0.2) is 11.4 Å². The molecule has 1 aliphatic heterocycles. The first-order valence-electron chi connectivity index (χ1n) is 4.67. The van der Waals surface area contributed by atoms with E-state index in [1.807, 2.05) is 11.3 Å². The molecule has 2 rings (SSSR count). The Balaban J connectivity index is 2.10. The van der Waals surface area contributed by atoms with Gasteiger partial charge in [0.1, 0.15) is 0 Å². The average molecular weight is 181 g/mol. The van der Waals surface area contributed by atoms with Gasteiger partial charge in [0.15, 0.2) is 0 Å². The van der Waals surface area contributed by atoms with Crippen LogP contribution in [0.1, 0.15) is 17.4 Å². The molecule has 0 aliphatic carbocycles. The van der Waals surface area contributed by atoms with Crippen LogP contribution in [0.25, 0.3) is 0 Å². The lowest BCUT2D eigenvalue weighted by Crippen LogP contribution is -2.25. The monoisotopic (exact) mass is 181 g/mol. The molecule has 1 aliphatic rings. The number of hydrogen-bond donors (Lipinski definition) is 0. The second kappa shape index (κ2) is 3.58. The minimum Gasteiger partial charge on any atom is -0.303 e. The van der Waals surface area contributed by atoms with Gasteiger partial charge in [0.25, 0.3) is 0 Å². The first-order chi connectivity index (χ1) is 5.90. The van der Waals surface area contributed by atoms with Crippen LogP contribution in [-0.4, -0.2) is 24.5 Å². The van der Waals surface area contributed by atoms with E-state index in [-0.39, 0.29) is 0 Å². The zero-order valence-electron chi connectivity index (χ0n) is 7.55. The SMILES string of the molecule is CCN1CCc2ccsc2CC1. The third-order valence-corrected chi connectivity index (χ3v) is 3.66. The van der Waals surface area contributed by atoms with Crippen molar-refractivity contribution in [3.63, 3.8) is 0 Å². The minimum atomic E-state index is 1.20. The quantitative estimate of drug-likeness (QED) is 0.642. The number of rotatable bonds is 1. The van der Waals surface area contributed by atoms with Gasteiger partial charge in [-0.1, -0.05) is 6.92 Å². The van der Waals surface area contributed by atoms with Crippen molar-refractivity contribution >= 4 is 11.3 Å². The second-order valence-corrected chi connectivity index (χ2v) is 4.30. The molecule has 12 heavy (non-hydrogen) atoms. The Kier molecular flexibility index (Phi) is 2.47. The van der Waals surface area contributed by atoms with Crippen molar-refractivity contribution < 1.29 is 0 Å². The molecule has 0 N–H and O–H groups in total. The maximum Gasteiger partial charge on any atom is 0.00904 e. The van der Waals surface area contributed by atoms with E-state index < -0.39 is 0 Å². The van der Waals surface area contributed by atoms with Crippen LogP contribution in [0.5, 0.6) is 0 Å². The van der Waals surface area contributed by atoms with E-state index in [2.05, 4.69) is 23.3 Å². The molecule has 0 spiro atoms. The minimum absolute atomic E-state index is 1.20. The molecule has 2 heteroatoms. The summed E-state index contributed by atoms with van der Waals surface area (Å²) in [5.74, 6) is 0. The van der Waals surface area contributed by atoms with Crippen molar-refractivity contribution in [3.05, 3.63) is 21.9 Å². The van der Waals surface area contributed by atoms with Gasteiger partial charge in [-0.15, -0.1) is 11.3 Å². The first-order valence-corrected chi connectivity index (χ1v) is 5.55. The molecular weight excluding hydrogens is 166 g/mol. The molecule has 0 saturated heterocycles. The maximum atomic E-state index is 2.53. The van der Waals surface area contributed by atoms with Crippen molar-refractivity contribution in [3.8, 4) is 0 Å². The van der Waals surface area contributed by atoms with Gasteiger partial charge < -0.3 is 4.90 Å². The molecule has 1 nitrogen and oxygen atoms in total. The second-order valence-electron chi connectivity index (χ2n) is 3.30. The lowest BCUT2D eigenvalue weighted by molar-refractivity contribution is 0.303. The zero-order chi connectivity index (χ0) is 8.39. The van der Waals surface area contributed by atoms with E-state index in [0.717, 1.165) is 0 Å². The van der Waals surface area contributed by atoms with Crippen LogP contribution < -0.4 is 0 Å². The summed E-state index contributed by atoms with van der Waals surface area (Å²) in [4.78, 5) is 4.15. The summed E-state index contributed by atoms with van der Waals surface area (Å²) in [5, 5.41) is 2.23. The number of fused-ring (bicyclic) bond motifs is 1. The predicted octanol–water partition coefficient (Wildman–Crippen LogP) is 2.17. The van der Waals surface area contributed by atoms with Crippen molar-refractivity contribution in [2.45, 2.75) is 19.8 Å². The number of thiophene rings is 1. The van der Waals surface area contributed by atoms with Gasteiger partial charge in [0.2, 0.25) is 0 Å². The summed E-state index contributed by atoms with van der Waals surface area (Å²) < 4.78 is 0. The topological polar surface area (TPSA) is 3.24 Å². The van der Waals surface area contributed by atoms with Gasteiger partial charge in [0.05, 0.1) is 0 Å². The summed E-state index contributed by atoms with van der Waals surface area (Å²) in [7, 11) is 0. The van der Waals surface area contributed by atoms with Crippen LogP contribution in [0.4, 0.5) is 0 Å². The summed E-state index contributed by atoms with van der Waals surface area (Å²) in [6, 6.07) is 2.29. The number of nitrogens with zero attached hydrogens (tertiary/aromatic N) is 1. The molecule has 0 amide bonds. The molecule has 1 aromatic heterocycles. The van der Waals surface area contributed by atoms with E-state index in [1.165, 1.54) is 32.5 Å². The van der Waals surface area contributed by atoms with E-state index in [1.54, 1.807) is 10.4 Å².